The summed E-state index contributed by atoms with van der Waals surface area (Å²) in [6, 6.07) is 13.5. The zero-order valence-corrected chi connectivity index (χ0v) is 16.9. The maximum absolute atomic E-state index is 13.1. The highest BCUT2D eigenvalue weighted by atomic mass is 16.5. The molecule has 2 N–H and O–H groups in total. The molecule has 2 aromatic rings. The van der Waals surface area contributed by atoms with Crippen LogP contribution in [0.3, 0.4) is 0 Å². The van der Waals surface area contributed by atoms with Crippen molar-refractivity contribution in [3.8, 4) is 11.5 Å². The third-order valence-corrected chi connectivity index (χ3v) is 6.30. The van der Waals surface area contributed by atoms with E-state index in [0.717, 1.165) is 0 Å². The van der Waals surface area contributed by atoms with Gasteiger partial charge in [0.05, 0.1) is 11.5 Å². The number of amides is 3. The Bertz CT molecular complexity index is 1040. The van der Waals surface area contributed by atoms with Crippen LogP contribution < -0.4 is 15.0 Å². The normalized spacial score (nSPS) is 22.1. The quantitative estimate of drug-likeness (QED) is 0.772. The molecule has 0 aromatic heterocycles. The second-order valence-electron chi connectivity index (χ2n) is 8.29. The zero-order valence-electron chi connectivity index (χ0n) is 16.9. The number of phenols is 1. The Hall–Kier alpha value is -3.55. The Labute approximate surface area is 179 Å². The van der Waals surface area contributed by atoms with Crippen molar-refractivity contribution in [2.45, 2.75) is 25.0 Å². The molecular formula is C23H23N3O5. The summed E-state index contributed by atoms with van der Waals surface area (Å²) in [4.78, 5) is 41.4. The molecule has 3 heterocycles. The van der Waals surface area contributed by atoms with Crippen LogP contribution in [-0.4, -0.2) is 53.1 Å². The lowest BCUT2D eigenvalue weighted by molar-refractivity contribution is -0.139. The van der Waals surface area contributed by atoms with Crippen molar-refractivity contribution in [3.05, 3.63) is 54.1 Å². The Morgan fingerprint density at radius 2 is 1.77 bits per heavy atom. The van der Waals surface area contributed by atoms with Crippen LogP contribution in [0, 0.1) is 5.92 Å². The minimum atomic E-state index is -0.800. The number of anilines is 1. The summed E-state index contributed by atoms with van der Waals surface area (Å²) in [5.74, 6) is -0.0172. The van der Waals surface area contributed by atoms with Gasteiger partial charge in [0.15, 0.2) is 5.72 Å². The first kappa shape index (κ1) is 19.4. The molecule has 3 aliphatic rings. The number of benzene rings is 2. The third kappa shape index (κ3) is 3.48. The molecule has 5 rings (SSSR count). The van der Waals surface area contributed by atoms with Crippen LogP contribution in [0.2, 0.25) is 0 Å². The second-order valence-corrected chi connectivity index (χ2v) is 8.29. The average Bonchev–Trinajstić information content (AvgIpc) is 3.16. The van der Waals surface area contributed by atoms with Gasteiger partial charge in [0.1, 0.15) is 11.5 Å². The lowest BCUT2D eigenvalue weighted by atomic mass is 9.95. The number of carbonyl (C=O) groups is 3. The van der Waals surface area contributed by atoms with Crippen molar-refractivity contribution in [3.63, 3.8) is 0 Å². The van der Waals surface area contributed by atoms with E-state index in [1.165, 1.54) is 12.1 Å². The first-order chi connectivity index (χ1) is 14.9. The van der Waals surface area contributed by atoms with Gasteiger partial charge in [0, 0.05) is 44.6 Å². The van der Waals surface area contributed by atoms with E-state index in [9.17, 15) is 19.5 Å². The van der Waals surface area contributed by atoms with Crippen molar-refractivity contribution in [2.24, 2.45) is 5.92 Å². The van der Waals surface area contributed by atoms with Crippen molar-refractivity contribution >= 4 is 23.4 Å². The Balaban J connectivity index is 1.23. The van der Waals surface area contributed by atoms with Crippen LogP contribution in [0.1, 0.15) is 29.6 Å². The van der Waals surface area contributed by atoms with Gasteiger partial charge in [-0.1, -0.05) is 12.1 Å². The lowest BCUT2D eigenvalue weighted by Gasteiger charge is -2.44. The number of fused-ring (bicyclic) bond motifs is 1. The van der Waals surface area contributed by atoms with Gasteiger partial charge < -0.3 is 25.0 Å². The number of piperidine rings is 1. The largest absolute Gasteiger partial charge is 0.508 e. The minimum absolute atomic E-state index is 0.0491. The predicted molar refractivity (Wildman–Crippen MR) is 112 cm³/mol. The molecule has 1 atom stereocenters. The topological polar surface area (TPSA) is 99.2 Å². The van der Waals surface area contributed by atoms with E-state index < -0.39 is 11.6 Å². The molecule has 2 aromatic carbocycles. The number of aromatic hydroxyl groups is 1. The van der Waals surface area contributed by atoms with Gasteiger partial charge in [-0.15, -0.1) is 0 Å². The fourth-order valence-corrected chi connectivity index (χ4v) is 4.58. The number of nitrogens with zero attached hydrogens (tertiary/aromatic N) is 2. The van der Waals surface area contributed by atoms with Crippen LogP contribution in [-0.2, 0) is 9.59 Å². The molecule has 1 unspecified atom stereocenters. The highest BCUT2D eigenvalue weighted by Gasteiger charge is 2.45. The monoisotopic (exact) mass is 421 g/mol. The van der Waals surface area contributed by atoms with Crippen LogP contribution in [0.4, 0.5) is 5.69 Å². The first-order valence-electron chi connectivity index (χ1n) is 10.4. The van der Waals surface area contributed by atoms with Crippen molar-refractivity contribution in [1.29, 1.82) is 0 Å². The highest BCUT2D eigenvalue weighted by Crippen LogP contribution is 2.34. The SMILES string of the molecule is O=C1NC2(CCN(C(=O)C3CC(=O)N(c4ccc(O)cc4)C3)CC2)Oc2ccccc21. The van der Waals surface area contributed by atoms with E-state index >= 15 is 0 Å². The van der Waals surface area contributed by atoms with E-state index in [0.29, 0.717) is 49.5 Å². The van der Waals surface area contributed by atoms with E-state index in [2.05, 4.69) is 5.32 Å². The minimum Gasteiger partial charge on any atom is -0.508 e. The van der Waals surface area contributed by atoms with Gasteiger partial charge in [0.25, 0.3) is 5.91 Å². The number of hydrogen-bond donors (Lipinski definition) is 2. The molecule has 160 valence electrons. The number of likely N-dealkylation sites (tertiary alicyclic amines) is 1. The zero-order chi connectivity index (χ0) is 21.6. The molecular weight excluding hydrogens is 398 g/mol. The van der Waals surface area contributed by atoms with Gasteiger partial charge >= 0.3 is 0 Å². The van der Waals surface area contributed by atoms with Crippen LogP contribution >= 0.6 is 0 Å². The molecule has 3 amide bonds. The molecule has 8 nitrogen and oxygen atoms in total. The maximum Gasteiger partial charge on any atom is 0.258 e. The van der Waals surface area contributed by atoms with Crippen LogP contribution in [0.5, 0.6) is 11.5 Å². The number of phenolic OH excluding ortho intramolecular Hbond substituents is 1. The molecule has 0 bridgehead atoms. The standard InChI is InChI=1S/C23H23N3O5/c27-17-7-5-16(6-8-17)26-14-15(13-20(26)28)22(30)25-11-9-23(10-12-25)24-21(29)18-3-1-2-4-19(18)31-23/h1-8,15,27H,9-14H2,(H,24,29). The molecule has 0 aliphatic carbocycles. The fraction of sp³-hybridized carbons (Fsp3) is 0.348. The highest BCUT2D eigenvalue weighted by molar-refractivity contribution is 6.00. The van der Waals surface area contributed by atoms with Gasteiger partial charge in [-0.3, -0.25) is 14.4 Å². The van der Waals surface area contributed by atoms with Crippen LogP contribution in [0.25, 0.3) is 0 Å². The van der Waals surface area contributed by atoms with Gasteiger partial charge in [-0.25, -0.2) is 0 Å². The summed E-state index contributed by atoms with van der Waals surface area (Å²) < 4.78 is 6.13. The summed E-state index contributed by atoms with van der Waals surface area (Å²) in [6.45, 7) is 1.22. The summed E-state index contributed by atoms with van der Waals surface area (Å²) >= 11 is 0. The van der Waals surface area contributed by atoms with Gasteiger partial charge in [-0.2, -0.15) is 0 Å². The third-order valence-electron chi connectivity index (χ3n) is 6.30. The van der Waals surface area contributed by atoms with Gasteiger partial charge in [0.2, 0.25) is 11.8 Å². The molecule has 0 saturated carbocycles. The number of ether oxygens (including phenoxy) is 1. The van der Waals surface area contributed by atoms with Crippen molar-refractivity contribution < 1.29 is 24.2 Å². The number of hydrogen-bond acceptors (Lipinski definition) is 5. The smallest absolute Gasteiger partial charge is 0.258 e. The summed E-state index contributed by atoms with van der Waals surface area (Å²) in [5.41, 5.74) is 0.393. The molecule has 1 spiro atoms. The average molecular weight is 421 g/mol. The van der Waals surface area contributed by atoms with E-state index in [1.54, 1.807) is 40.1 Å². The summed E-state index contributed by atoms with van der Waals surface area (Å²) in [6.07, 6.45) is 1.14. The Kier molecular flexibility index (Phi) is 4.57. The first-order valence-corrected chi connectivity index (χ1v) is 10.4. The van der Waals surface area contributed by atoms with Crippen molar-refractivity contribution in [2.75, 3.05) is 24.5 Å². The number of nitrogens with one attached hydrogen (secondary N) is 1. The molecule has 31 heavy (non-hydrogen) atoms. The molecule has 8 heteroatoms. The predicted octanol–water partition coefficient (Wildman–Crippen LogP) is 1.89. The fourth-order valence-electron chi connectivity index (χ4n) is 4.58. The van der Waals surface area contributed by atoms with E-state index in [-0.39, 0.29) is 29.9 Å². The molecule has 2 fully saturated rings. The van der Waals surface area contributed by atoms with Crippen molar-refractivity contribution in [1.82, 2.24) is 10.2 Å². The summed E-state index contributed by atoms with van der Waals surface area (Å²) in [7, 11) is 0. The van der Waals surface area contributed by atoms with Crippen LogP contribution in [0.15, 0.2) is 48.5 Å². The van der Waals surface area contributed by atoms with E-state index in [1.807, 2.05) is 6.07 Å². The summed E-state index contributed by atoms with van der Waals surface area (Å²) in [5, 5.41) is 12.4. The Morgan fingerprint density at radius 3 is 2.52 bits per heavy atom. The van der Waals surface area contributed by atoms with Gasteiger partial charge in [-0.05, 0) is 36.4 Å². The number of para-hydroxylation sites is 1. The lowest BCUT2D eigenvalue weighted by Crippen LogP contribution is -2.62. The number of carbonyl (C=O) groups excluding carboxylic acids is 3. The molecule has 2 saturated heterocycles. The maximum atomic E-state index is 13.1. The number of rotatable bonds is 2. The molecule has 3 aliphatic heterocycles. The molecule has 0 radical (unpaired) electrons. The van der Waals surface area contributed by atoms with E-state index in [4.69, 9.17) is 4.74 Å². The Morgan fingerprint density at radius 1 is 1.06 bits per heavy atom. The second kappa shape index (κ2) is 7.30.